The predicted molar refractivity (Wildman–Crippen MR) is 158 cm³/mol. The summed E-state index contributed by atoms with van der Waals surface area (Å²) in [7, 11) is -3.46. The van der Waals surface area contributed by atoms with Gasteiger partial charge >= 0.3 is 0 Å². The van der Waals surface area contributed by atoms with Crippen molar-refractivity contribution in [2.45, 2.75) is 102 Å². The number of nitrogens with one attached hydrogen (secondary N) is 2. The molecule has 0 unspecified atom stereocenters. The van der Waals surface area contributed by atoms with Gasteiger partial charge in [-0.25, -0.2) is 13.1 Å². The second kappa shape index (κ2) is 15.8. The van der Waals surface area contributed by atoms with Crippen molar-refractivity contribution < 1.29 is 27.7 Å². The molecule has 0 fully saturated rings. The van der Waals surface area contributed by atoms with Crippen LogP contribution in [-0.4, -0.2) is 51.7 Å². The number of rotatable bonds is 18. The predicted octanol–water partition coefficient (Wildman–Crippen LogP) is 5.24. The summed E-state index contributed by atoms with van der Waals surface area (Å²) in [5.74, 6) is 0.204. The van der Waals surface area contributed by atoms with Crippen LogP contribution in [0.1, 0.15) is 89.0 Å². The van der Waals surface area contributed by atoms with Crippen LogP contribution in [0.5, 0.6) is 5.75 Å². The van der Waals surface area contributed by atoms with Crippen molar-refractivity contribution >= 4 is 10.0 Å². The monoisotopic (exact) mass is 576 g/mol. The first kappa shape index (κ1) is 32.5. The van der Waals surface area contributed by atoms with E-state index in [1.807, 2.05) is 52.0 Å². The van der Waals surface area contributed by atoms with Crippen LogP contribution >= 0.6 is 0 Å². The van der Waals surface area contributed by atoms with Gasteiger partial charge in [-0.2, -0.15) is 0 Å². The minimum atomic E-state index is -3.46. The number of fused-ring (bicyclic) bond motifs is 1. The number of aliphatic hydroxyl groups excluding tert-OH is 1. The highest BCUT2D eigenvalue weighted by atomic mass is 32.2. The first-order valence-electron chi connectivity index (χ1n) is 14.6. The van der Waals surface area contributed by atoms with Gasteiger partial charge in [-0.1, -0.05) is 31.0 Å². The zero-order chi connectivity index (χ0) is 29.0. The minimum Gasteiger partial charge on any atom is -0.463 e. The third-order valence-electron chi connectivity index (χ3n) is 6.73. The highest BCUT2D eigenvalue weighted by Crippen LogP contribution is 2.32. The van der Waals surface area contributed by atoms with Crippen LogP contribution in [0.3, 0.4) is 0 Å². The molecule has 2 aromatic rings. The summed E-state index contributed by atoms with van der Waals surface area (Å²) in [4.78, 5) is 0.325. The van der Waals surface area contributed by atoms with Crippen molar-refractivity contribution in [3.05, 3.63) is 59.2 Å². The molecule has 224 valence electrons. The minimum absolute atomic E-state index is 0.131. The highest BCUT2D eigenvalue weighted by Gasteiger charge is 2.27. The number of benzene rings is 2. The number of ether oxygens (including phenoxy) is 3. The fourth-order valence-corrected chi connectivity index (χ4v) is 5.93. The molecule has 40 heavy (non-hydrogen) atoms. The molecule has 0 spiro atoms. The van der Waals surface area contributed by atoms with Gasteiger partial charge in [-0.3, -0.25) is 0 Å². The van der Waals surface area contributed by atoms with Crippen molar-refractivity contribution in [1.29, 1.82) is 0 Å². The smallest absolute Gasteiger partial charge is 0.240 e. The van der Waals surface area contributed by atoms with E-state index < -0.39 is 21.9 Å². The quantitative estimate of drug-likeness (QED) is 0.208. The van der Waals surface area contributed by atoms with E-state index in [1.54, 1.807) is 18.2 Å². The van der Waals surface area contributed by atoms with E-state index in [9.17, 15) is 13.5 Å². The Kier molecular flexibility index (Phi) is 12.9. The van der Waals surface area contributed by atoms with Gasteiger partial charge in [0.05, 0.1) is 17.6 Å². The van der Waals surface area contributed by atoms with Gasteiger partial charge in [0.2, 0.25) is 15.8 Å². The lowest BCUT2D eigenvalue weighted by molar-refractivity contribution is -0.180. The largest absolute Gasteiger partial charge is 0.463 e. The zero-order valence-electron chi connectivity index (χ0n) is 24.6. The number of sulfonamides is 1. The van der Waals surface area contributed by atoms with E-state index in [1.165, 1.54) is 0 Å². The molecule has 0 radical (unpaired) electrons. The summed E-state index contributed by atoms with van der Waals surface area (Å²) in [5.41, 5.74) is 2.87. The summed E-state index contributed by atoms with van der Waals surface area (Å²) in [6, 6.07) is 12.9. The number of aliphatic hydroxyl groups is 1. The average Bonchev–Trinajstić information content (AvgIpc) is 2.90. The highest BCUT2D eigenvalue weighted by molar-refractivity contribution is 7.89. The van der Waals surface area contributed by atoms with Crippen LogP contribution in [0.15, 0.2) is 47.4 Å². The third-order valence-corrected chi connectivity index (χ3v) is 8.39. The lowest BCUT2D eigenvalue weighted by Gasteiger charge is -2.33. The molecule has 1 atom stereocenters. The Morgan fingerprint density at radius 3 is 2.52 bits per heavy atom. The van der Waals surface area contributed by atoms with E-state index in [2.05, 4.69) is 10.0 Å². The first-order valence-corrected chi connectivity index (χ1v) is 16.1. The molecular weight excluding hydrogens is 528 g/mol. The Morgan fingerprint density at radius 1 is 1.00 bits per heavy atom. The van der Waals surface area contributed by atoms with Crippen molar-refractivity contribution in [1.82, 2.24) is 10.0 Å². The van der Waals surface area contributed by atoms with Gasteiger partial charge in [0.1, 0.15) is 5.75 Å². The molecule has 0 amide bonds. The zero-order valence-corrected chi connectivity index (χ0v) is 25.4. The Balaban J connectivity index is 1.17. The molecule has 1 aliphatic rings. The van der Waals surface area contributed by atoms with Gasteiger partial charge in [0.25, 0.3) is 0 Å². The maximum absolute atomic E-state index is 12.4. The molecule has 8 nitrogen and oxygen atoms in total. The van der Waals surface area contributed by atoms with Gasteiger partial charge in [-0.05, 0) is 87.9 Å². The molecule has 2 aromatic carbocycles. The van der Waals surface area contributed by atoms with Crippen LogP contribution in [0.25, 0.3) is 0 Å². The van der Waals surface area contributed by atoms with Crippen LogP contribution < -0.4 is 14.8 Å². The Bertz CT molecular complexity index is 1150. The summed E-state index contributed by atoms with van der Waals surface area (Å²) < 4.78 is 44.6. The standard InChI is InChI=1S/C31H48N2O6S/c1-24(2)33-40(35,36)28-14-11-13-25(20-28)12-7-10-19-37-18-9-6-5-8-17-32-22-29(34)26-15-16-30-27(21-26)23-38-31(3,4)39-30/h11,13-16,20-21,24,29,32-34H,5-10,12,17-19,22-23H2,1-4H3/t29-/m1/s1. The molecule has 1 heterocycles. The van der Waals surface area contributed by atoms with E-state index in [0.717, 1.165) is 87.1 Å². The summed E-state index contributed by atoms with van der Waals surface area (Å²) in [6.07, 6.45) is 6.55. The maximum Gasteiger partial charge on any atom is 0.240 e. The molecule has 3 rings (SSSR count). The first-order chi connectivity index (χ1) is 19.1. The topological polar surface area (TPSA) is 106 Å². The van der Waals surface area contributed by atoms with Crippen molar-refractivity contribution in [3.8, 4) is 5.75 Å². The maximum atomic E-state index is 12.4. The molecule has 3 N–H and O–H groups in total. The Labute approximate surface area is 240 Å². The van der Waals surface area contributed by atoms with Crippen molar-refractivity contribution in [3.63, 3.8) is 0 Å². The number of aryl methyl sites for hydroxylation is 1. The van der Waals surface area contributed by atoms with Crippen molar-refractivity contribution in [2.24, 2.45) is 0 Å². The molecule has 1 aliphatic heterocycles. The molecule has 0 saturated heterocycles. The van der Waals surface area contributed by atoms with E-state index in [0.29, 0.717) is 18.0 Å². The normalized spacial score (nSPS) is 15.6. The van der Waals surface area contributed by atoms with E-state index >= 15 is 0 Å². The average molecular weight is 577 g/mol. The number of hydrogen-bond donors (Lipinski definition) is 3. The van der Waals surface area contributed by atoms with Crippen LogP contribution in [0.2, 0.25) is 0 Å². The lowest BCUT2D eigenvalue weighted by atomic mass is 10.0. The molecule has 0 aromatic heterocycles. The fourth-order valence-electron chi connectivity index (χ4n) is 4.61. The van der Waals surface area contributed by atoms with Crippen LogP contribution in [0.4, 0.5) is 0 Å². The van der Waals surface area contributed by atoms with Gasteiger partial charge in [0, 0.05) is 45.2 Å². The fraction of sp³-hybridized carbons (Fsp3) is 0.613. The summed E-state index contributed by atoms with van der Waals surface area (Å²) in [5, 5.41) is 13.9. The van der Waals surface area contributed by atoms with Crippen LogP contribution in [-0.2, 0) is 32.5 Å². The summed E-state index contributed by atoms with van der Waals surface area (Å²) in [6.45, 7) is 10.8. The van der Waals surface area contributed by atoms with E-state index in [-0.39, 0.29) is 6.04 Å². The molecule has 0 saturated carbocycles. The van der Waals surface area contributed by atoms with Crippen molar-refractivity contribution in [2.75, 3.05) is 26.3 Å². The second-order valence-corrected chi connectivity index (χ2v) is 13.0. The number of unbranched alkanes of at least 4 members (excludes halogenated alkanes) is 4. The SMILES string of the molecule is CC(C)NS(=O)(=O)c1cccc(CCCCOCCCCCCNC[C@@H](O)c2ccc3c(c2)COC(C)(C)O3)c1. The third kappa shape index (κ3) is 11.1. The lowest BCUT2D eigenvalue weighted by Crippen LogP contribution is -2.35. The van der Waals surface area contributed by atoms with Crippen LogP contribution in [0, 0.1) is 0 Å². The molecule has 0 aliphatic carbocycles. The Hall–Kier alpha value is -2.01. The van der Waals surface area contributed by atoms with Gasteiger partial charge in [0.15, 0.2) is 0 Å². The summed E-state index contributed by atoms with van der Waals surface area (Å²) >= 11 is 0. The molecular formula is C31H48N2O6S. The van der Waals surface area contributed by atoms with Gasteiger partial charge in [-0.15, -0.1) is 0 Å². The molecule has 0 bridgehead atoms. The van der Waals surface area contributed by atoms with Gasteiger partial charge < -0.3 is 24.6 Å². The molecule has 9 heteroatoms. The number of hydrogen-bond acceptors (Lipinski definition) is 7. The Morgan fingerprint density at radius 2 is 1.75 bits per heavy atom. The van der Waals surface area contributed by atoms with E-state index in [4.69, 9.17) is 14.2 Å². The second-order valence-electron chi connectivity index (χ2n) is 11.3.